The zero-order valence-corrected chi connectivity index (χ0v) is 6.34. The Kier molecular flexibility index (Phi) is 1.29. The van der Waals surface area contributed by atoms with Crippen LogP contribution in [0, 0.1) is 0 Å². The summed E-state index contributed by atoms with van der Waals surface area (Å²) in [5.74, 6) is 0. The van der Waals surface area contributed by atoms with E-state index in [1.807, 2.05) is 6.92 Å². The number of nitrogens with zero attached hydrogens (tertiary/aromatic N) is 1. The Labute approximate surface area is 57.0 Å². The average molecular weight is 213 g/mol. The lowest BCUT2D eigenvalue weighted by molar-refractivity contribution is -0.0293. The molecular weight excluding hydrogens is 205 g/mol. The monoisotopic (exact) mass is 213 g/mol. The van der Waals surface area contributed by atoms with Crippen molar-refractivity contribution in [3.8, 4) is 0 Å². The van der Waals surface area contributed by atoms with Gasteiger partial charge in [-0.25, -0.2) is 3.11 Å². The molecule has 1 saturated heterocycles. The minimum Gasteiger partial charge on any atom is -0.387 e. The van der Waals surface area contributed by atoms with E-state index in [9.17, 15) is 0 Å². The quantitative estimate of drug-likeness (QED) is 0.465. The van der Waals surface area contributed by atoms with E-state index in [0.717, 1.165) is 13.1 Å². The van der Waals surface area contributed by atoms with E-state index in [0.29, 0.717) is 0 Å². The van der Waals surface area contributed by atoms with Crippen LogP contribution >= 0.6 is 22.9 Å². The van der Waals surface area contributed by atoms with Gasteiger partial charge in [0.05, 0.1) is 5.60 Å². The van der Waals surface area contributed by atoms with Gasteiger partial charge in [0, 0.05) is 36.0 Å². The fourth-order valence-corrected chi connectivity index (χ4v) is 2.16. The third-order valence-corrected chi connectivity index (χ3v) is 1.71. The molecule has 0 bridgehead atoms. The van der Waals surface area contributed by atoms with Crippen LogP contribution in [0.4, 0.5) is 0 Å². The van der Waals surface area contributed by atoms with Gasteiger partial charge in [-0.1, -0.05) is 0 Å². The number of hydrogen-bond acceptors (Lipinski definition) is 2. The van der Waals surface area contributed by atoms with E-state index in [1.165, 1.54) is 0 Å². The standard InChI is InChI=1S/C4H8INO/c1-4(7)2-6(5)3-4/h7H,2-3H2,1H3. The summed E-state index contributed by atoms with van der Waals surface area (Å²) >= 11 is 2.19. The Bertz CT molecular complexity index is 75.8. The predicted octanol–water partition coefficient (Wildman–Crippen LogP) is 0.403. The Morgan fingerprint density at radius 3 is 2.14 bits per heavy atom. The Morgan fingerprint density at radius 1 is 1.71 bits per heavy atom. The molecule has 42 valence electrons. The van der Waals surface area contributed by atoms with Gasteiger partial charge in [-0.05, 0) is 6.92 Å². The summed E-state index contributed by atoms with van der Waals surface area (Å²) in [6.07, 6.45) is 0. The lowest BCUT2D eigenvalue weighted by atomic mass is 10.0. The molecule has 0 unspecified atom stereocenters. The summed E-state index contributed by atoms with van der Waals surface area (Å²) in [5, 5.41) is 9.04. The van der Waals surface area contributed by atoms with Gasteiger partial charge in [-0.3, -0.25) is 0 Å². The molecule has 1 rings (SSSR count). The van der Waals surface area contributed by atoms with E-state index in [1.54, 1.807) is 0 Å². The maximum Gasteiger partial charge on any atom is 0.0888 e. The largest absolute Gasteiger partial charge is 0.387 e. The van der Waals surface area contributed by atoms with Crippen molar-refractivity contribution in [1.82, 2.24) is 3.11 Å². The van der Waals surface area contributed by atoms with Crippen molar-refractivity contribution in [3.05, 3.63) is 0 Å². The van der Waals surface area contributed by atoms with Crippen molar-refractivity contribution in [2.45, 2.75) is 12.5 Å². The number of rotatable bonds is 0. The maximum atomic E-state index is 9.04. The number of β-amino-alcohol motifs (C(OH)–C–C–N with tert-alkyl or cyclic N) is 1. The van der Waals surface area contributed by atoms with E-state index < -0.39 is 0 Å². The molecule has 1 fully saturated rings. The molecule has 0 aromatic heterocycles. The normalized spacial score (nSPS) is 29.6. The van der Waals surface area contributed by atoms with Gasteiger partial charge in [0.1, 0.15) is 0 Å². The van der Waals surface area contributed by atoms with Gasteiger partial charge in [-0.15, -0.1) is 0 Å². The lowest BCUT2D eigenvalue weighted by Gasteiger charge is -2.39. The summed E-state index contributed by atoms with van der Waals surface area (Å²) < 4.78 is 2.05. The first-order valence-electron chi connectivity index (χ1n) is 2.23. The molecule has 7 heavy (non-hydrogen) atoms. The summed E-state index contributed by atoms with van der Waals surface area (Å²) in [5.41, 5.74) is -0.388. The summed E-state index contributed by atoms with van der Waals surface area (Å²) in [4.78, 5) is 0. The van der Waals surface area contributed by atoms with Gasteiger partial charge >= 0.3 is 0 Å². The molecule has 0 aromatic carbocycles. The fourth-order valence-electron chi connectivity index (χ4n) is 0.693. The Balaban J connectivity index is 2.29. The third kappa shape index (κ3) is 1.27. The molecule has 1 N–H and O–H groups in total. The summed E-state index contributed by atoms with van der Waals surface area (Å²) in [6.45, 7) is 3.48. The van der Waals surface area contributed by atoms with Crippen molar-refractivity contribution in [2.24, 2.45) is 0 Å². The van der Waals surface area contributed by atoms with E-state index >= 15 is 0 Å². The van der Waals surface area contributed by atoms with Crippen molar-refractivity contribution < 1.29 is 5.11 Å². The molecule has 1 aliphatic heterocycles. The highest BCUT2D eigenvalue weighted by Crippen LogP contribution is 2.22. The van der Waals surface area contributed by atoms with Gasteiger partial charge in [0.25, 0.3) is 0 Å². The summed E-state index contributed by atoms with van der Waals surface area (Å²) in [6, 6.07) is 0. The molecule has 0 amide bonds. The van der Waals surface area contributed by atoms with Crippen molar-refractivity contribution in [3.63, 3.8) is 0 Å². The van der Waals surface area contributed by atoms with Crippen LogP contribution in [0.3, 0.4) is 0 Å². The van der Waals surface area contributed by atoms with Crippen molar-refractivity contribution in [2.75, 3.05) is 13.1 Å². The van der Waals surface area contributed by atoms with Gasteiger partial charge in [-0.2, -0.15) is 0 Å². The number of aliphatic hydroxyl groups is 1. The number of halogens is 1. The zero-order chi connectivity index (χ0) is 5.49. The first-order valence-corrected chi connectivity index (χ1v) is 3.20. The van der Waals surface area contributed by atoms with Crippen LogP contribution in [0.25, 0.3) is 0 Å². The molecule has 0 aromatic rings. The molecule has 0 radical (unpaired) electrons. The molecule has 3 heteroatoms. The first kappa shape index (κ1) is 5.78. The highest BCUT2D eigenvalue weighted by molar-refractivity contribution is 14.1. The second-order valence-corrected chi connectivity index (χ2v) is 3.64. The van der Waals surface area contributed by atoms with Crippen LogP contribution in [0.15, 0.2) is 0 Å². The highest BCUT2D eigenvalue weighted by Gasteiger charge is 2.34. The topological polar surface area (TPSA) is 23.5 Å². The highest BCUT2D eigenvalue weighted by atomic mass is 127. The van der Waals surface area contributed by atoms with E-state index in [4.69, 9.17) is 5.11 Å². The second kappa shape index (κ2) is 1.56. The van der Waals surface area contributed by atoms with E-state index in [2.05, 4.69) is 26.0 Å². The minimum absolute atomic E-state index is 0.388. The minimum atomic E-state index is -0.388. The molecule has 0 spiro atoms. The molecular formula is C4H8INO. The van der Waals surface area contributed by atoms with Crippen LogP contribution in [-0.4, -0.2) is 26.9 Å². The van der Waals surface area contributed by atoms with Gasteiger partial charge < -0.3 is 5.11 Å². The van der Waals surface area contributed by atoms with Crippen LogP contribution in [0.1, 0.15) is 6.92 Å². The zero-order valence-electron chi connectivity index (χ0n) is 4.19. The van der Waals surface area contributed by atoms with Crippen LogP contribution < -0.4 is 0 Å². The summed E-state index contributed by atoms with van der Waals surface area (Å²) in [7, 11) is 0. The number of hydrogen-bond donors (Lipinski definition) is 1. The molecule has 1 aliphatic rings. The Morgan fingerprint density at radius 2 is 2.14 bits per heavy atom. The second-order valence-electron chi connectivity index (χ2n) is 2.28. The molecule has 0 atom stereocenters. The molecule has 1 heterocycles. The lowest BCUT2D eigenvalue weighted by Crippen LogP contribution is -2.54. The fraction of sp³-hybridized carbons (Fsp3) is 1.00. The average Bonchev–Trinajstić information content (AvgIpc) is 1.27. The molecule has 2 nitrogen and oxygen atoms in total. The third-order valence-electron chi connectivity index (χ3n) is 1.02. The SMILES string of the molecule is CC1(O)CN(I)C1. The smallest absolute Gasteiger partial charge is 0.0888 e. The van der Waals surface area contributed by atoms with Crippen molar-refractivity contribution >= 4 is 22.9 Å². The van der Waals surface area contributed by atoms with Gasteiger partial charge in [0.2, 0.25) is 0 Å². The van der Waals surface area contributed by atoms with Crippen LogP contribution in [0.5, 0.6) is 0 Å². The van der Waals surface area contributed by atoms with E-state index in [-0.39, 0.29) is 5.60 Å². The molecule has 0 saturated carbocycles. The van der Waals surface area contributed by atoms with Crippen LogP contribution in [0.2, 0.25) is 0 Å². The Hall–Kier alpha value is 0.650. The predicted molar refractivity (Wildman–Crippen MR) is 36.2 cm³/mol. The van der Waals surface area contributed by atoms with Crippen LogP contribution in [-0.2, 0) is 0 Å². The van der Waals surface area contributed by atoms with Gasteiger partial charge in [0.15, 0.2) is 0 Å². The molecule has 0 aliphatic carbocycles. The first-order chi connectivity index (χ1) is 3.10. The van der Waals surface area contributed by atoms with Crippen molar-refractivity contribution in [1.29, 1.82) is 0 Å². The maximum absolute atomic E-state index is 9.04.